The van der Waals surface area contributed by atoms with Gasteiger partial charge in [-0.3, -0.25) is 0 Å². The summed E-state index contributed by atoms with van der Waals surface area (Å²) >= 11 is 11.6. The van der Waals surface area contributed by atoms with Gasteiger partial charge in [-0.2, -0.15) is 4.31 Å². The minimum absolute atomic E-state index is 0.0374. The Bertz CT molecular complexity index is 676. The number of hydrogen-bond acceptors (Lipinski definition) is 3. The first-order valence-corrected chi connectivity index (χ1v) is 7.89. The molecule has 0 saturated carbocycles. The van der Waals surface area contributed by atoms with E-state index < -0.39 is 16.0 Å². The van der Waals surface area contributed by atoms with Crippen molar-refractivity contribution in [3.05, 3.63) is 53.1 Å². The molecule has 114 valence electrons. The van der Waals surface area contributed by atoms with Crippen LogP contribution >= 0.6 is 23.2 Å². The highest BCUT2D eigenvalue weighted by molar-refractivity contribution is 7.89. The summed E-state index contributed by atoms with van der Waals surface area (Å²) in [5.41, 5.74) is -0.336. The van der Waals surface area contributed by atoms with Gasteiger partial charge in [0.2, 0.25) is 10.0 Å². The molecule has 0 unspecified atom stereocenters. The molecular weight excluding hydrogens is 337 g/mol. The van der Waals surface area contributed by atoms with Crippen molar-refractivity contribution in [3.8, 4) is 0 Å². The number of carboxylic acid groups (broad SMARTS) is 1. The van der Waals surface area contributed by atoms with E-state index in [1.54, 1.807) is 0 Å². The highest BCUT2D eigenvalue weighted by atomic mass is 35.5. The van der Waals surface area contributed by atoms with Crippen LogP contribution in [-0.4, -0.2) is 36.9 Å². The van der Waals surface area contributed by atoms with Gasteiger partial charge in [-0.15, -0.1) is 13.2 Å². The van der Waals surface area contributed by atoms with Gasteiger partial charge in [0.1, 0.15) is 4.90 Å². The third kappa shape index (κ3) is 3.85. The summed E-state index contributed by atoms with van der Waals surface area (Å²) in [6.07, 6.45) is 2.81. The normalized spacial score (nSPS) is 11.4. The van der Waals surface area contributed by atoms with Crippen LogP contribution in [0.2, 0.25) is 10.0 Å². The van der Waals surface area contributed by atoms with Crippen LogP contribution in [0.25, 0.3) is 0 Å². The van der Waals surface area contributed by atoms with Gasteiger partial charge in [0, 0.05) is 13.1 Å². The Morgan fingerprint density at radius 2 is 1.71 bits per heavy atom. The fourth-order valence-electron chi connectivity index (χ4n) is 1.59. The molecule has 1 rings (SSSR count). The van der Waals surface area contributed by atoms with E-state index >= 15 is 0 Å². The molecule has 0 aliphatic carbocycles. The average Bonchev–Trinajstić information content (AvgIpc) is 2.37. The molecule has 0 radical (unpaired) electrons. The maximum absolute atomic E-state index is 12.5. The second-order valence-corrected chi connectivity index (χ2v) is 6.69. The van der Waals surface area contributed by atoms with Gasteiger partial charge in [0.25, 0.3) is 0 Å². The predicted octanol–water partition coefficient (Wildman–Crippen LogP) is 3.05. The number of carbonyl (C=O) groups is 1. The lowest BCUT2D eigenvalue weighted by Crippen LogP contribution is -2.31. The maximum Gasteiger partial charge on any atom is 0.337 e. The van der Waals surface area contributed by atoms with Crippen molar-refractivity contribution < 1.29 is 18.3 Å². The van der Waals surface area contributed by atoms with E-state index in [0.717, 1.165) is 16.4 Å². The number of benzene rings is 1. The molecular formula is C13H13Cl2NO4S. The van der Waals surface area contributed by atoms with Crippen LogP contribution in [0.5, 0.6) is 0 Å². The van der Waals surface area contributed by atoms with Crippen molar-refractivity contribution in [2.75, 3.05) is 13.1 Å². The lowest BCUT2D eigenvalue weighted by molar-refractivity contribution is 0.0697. The third-order valence-corrected chi connectivity index (χ3v) is 5.14. The number of rotatable bonds is 7. The summed E-state index contributed by atoms with van der Waals surface area (Å²) in [4.78, 5) is 10.7. The quantitative estimate of drug-likeness (QED) is 0.767. The Kier molecular flexibility index (Phi) is 5.98. The second kappa shape index (κ2) is 7.09. The first-order chi connectivity index (χ1) is 9.75. The molecule has 0 heterocycles. The molecule has 1 aromatic rings. The zero-order valence-electron chi connectivity index (χ0n) is 10.9. The van der Waals surface area contributed by atoms with Crippen molar-refractivity contribution in [2.45, 2.75) is 4.90 Å². The maximum atomic E-state index is 12.5. The number of sulfonamides is 1. The Morgan fingerprint density at radius 1 is 1.19 bits per heavy atom. The second-order valence-electron chi connectivity index (χ2n) is 3.97. The summed E-state index contributed by atoms with van der Waals surface area (Å²) < 4.78 is 26.1. The molecule has 0 saturated heterocycles. The molecule has 1 aromatic carbocycles. The molecule has 5 nitrogen and oxygen atoms in total. The molecule has 8 heteroatoms. The topological polar surface area (TPSA) is 74.7 Å². The molecule has 0 bridgehead atoms. The number of nitrogens with zero attached hydrogens (tertiary/aromatic N) is 1. The zero-order valence-corrected chi connectivity index (χ0v) is 13.2. The van der Waals surface area contributed by atoms with Crippen molar-refractivity contribution >= 4 is 39.2 Å². The summed E-state index contributed by atoms with van der Waals surface area (Å²) in [6.45, 7) is 7.04. The number of hydrogen-bond donors (Lipinski definition) is 1. The SMILES string of the molecule is C=CCN(CC=C)S(=O)(=O)c1cc(C(=O)O)c(Cl)cc1Cl. The first kappa shape index (κ1) is 17.7. The molecule has 1 N–H and O–H groups in total. The van der Waals surface area contributed by atoms with E-state index in [1.807, 2.05) is 0 Å². The molecule has 0 aliphatic heterocycles. The van der Waals surface area contributed by atoms with Crippen LogP contribution in [0.15, 0.2) is 42.3 Å². The van der Waals surface area contributed by atoms with Gasteiger partial charge in [-0.1, -0.05) is 35.4 Å². The fraction of sp³-hybridized carbons (Fsp3) is 0.154. The fourth-order valence-corrected chi connectivity index (χ4v) is 3.80. The van der Waals surface area contributed by atoms with Crippen LogP contribution in [0.3, 0.4) is 0 Å². The van der Waals surface area contributed by atoms with Gasteiger partial charge in [-0.05, 0) is 12.1 Å². The Morgan fingerprint density at radius 3 is 2.14 bits per heavy atom. The summed E-state index contributed by atoms with van der Waals surface area (Å²) in [5.74, 6) is -1.34. The summed E-state index contributed by atoms with van der Waals surface area (Å²) in [6, 6.07) is 2.04. The van der Waals surface area contributed by atoms with Gasteiger partial charge < -0.3 is 5.11 Å². The smallest absolute Gasteiger partial charge is 0.337 e. The van der Waals surface area contributed by atoms with E-state index in [1.165, 1.54) is 12.2 Å². The largest absolute Gasteiger partial charge is 0.478 e. The van der Waals surface area contributed by atoms with Crippen LogP contribution < -0.4 is 0 Å². The van der Waals surface area contributed by atoms with E-state index in [0.29, 0.717) is 0 Å². The molecule has 0 spiro atoms. The van der Waals surface area contributed by atoms with E-state index in [2.05, 4.69) is 13.2 Å². The van der Waals surface area contributed by atoms with Crippen LogP contribution in [-0.2, 0) is 10.0 Å². The molecule has 0 aliphatic rings. The summed E-state index contributed by atoms with van der Waals surface area (Å²) in [5, 5.41) is 8.74. The lowest BCUT2D eigenvalue weighted by Gasteiger charge is -2.20. The van der Waals surface area contributed by atoms with Crippen molar-refractivity contribution in [2.24, 2.45) is 0 Å². The molecule has 0 amide bonds. The minimum atomic E-state index is -3.99. The number of halogens is 2. The number of carboxylic acids is 1. The summed E-state index contributed by atoms with van der Waals surface area (Å²) in [7, 11) is -3.99. The van der Waals surface area contributed by atoms with E-state index in [-0.39, 0.29) is 33.6 Å². The highest BCUT2D eigenvalue weighted by Crippen LogP contribution is 2.30. The first-order valence-electron chi connectivity index (χ1n) is 5.70. The monoisotopic (exact) mass is 349 g/mol. The lowest BCUT2D eigenvalue weighted by atomic mass is 10.2. The highest BCUT2D eigenvalue weighted by Gasteiger charge is 2.27. The van der Waals surface area contributed by atoms with Gasteiger partial charge in [0.05, 0.1) is 15.6 Å². The van der Waals surface area contributed by atoms with Gasteiger partial charge in [0.15, 0.2) is 0 Å². The van der Waals surface area contributed by atoms with Gasteiger partial charge >= 0.3 is 5.97 Å². The standard InChI is InChI=1S/C13H13Cl2NO4S/c1-3-5-16(6-4-2)21(19,20)12-7-9(13(17)18)10(14)8-11(12)15/h3-4,7-8H,1-2,5-6H2,(H,17,18). The van der Waals surface area contributed by atoms with Crippen LogP contribution in [0.4, 0.5) is 0 Å². The van der Waals surface area contributed by atoms with Crippen molar-refractivity contribution in [1.29, 1.82) is 0 Å². The van der Waals surface area contributed by atoms with E-state index in [4.69, 9.17) is 28.3 Å². The zero-order chi connectivity index (χ0) is 16.2. The Balaban J connectivity index is 3.49. The van der Waals surface area contributed by atoms with Gasteiger partial charge in [-0.25, -0.2) is 13.2 Å². The Hall–Kier alpha value is -1.34. The van der Waals surface area contributed by atoms with Crippen LogP contribution in [0.1, 0.15) is 10.4 Å². The predicted molar refractivity (Wildman–Crippen MR) is 82.6 cm³/mol. The minimum Gasteiger partial charge on any atom is -0.478 e. The average molecular weight is 350 g/mol. The van der Waals surface area contributed by atoms with E-state index in [9.17, 15) is 13.2 Å². The number of aromatic carboxylic acids is 1. The molecule has 0 aromatic heterocycles. The Labute approximate surface area is 133 Å². The van der Waals surface area contributed by atoms with Crippen molar-refractivity contribution in [3.63, 3.8) is 0 Å². The van der Waals surface area contributed by atoms with Crippen molar-refractivity contribution in [1.82, 2.24) is 4.31 Å². The molecule has 0 fully saturated rings. The van der Waals surface area contributed by atoms with Crippen LogP contribution in [0, 0.1) is 0 Å². The molecule has 0 atom stereocenters. The molecule has 21 heavy (non-hydrogen) atoms. The third-order valence-electron chi connectivity index (χ3n) is 2.54.